The molecule has 2 rings (SSSR count). The van der Waals surface area contributed by atoms with E-state index >= 15 is 0 Å². The number of carboxylic acids is 1. The standard InChI is InChI=1S/C13H16FNO2/c1-13(14)6-8-15(9-7-13)11-4-2-10(3-5-11)12(16)17/h2-5H,6-9H2,1H3,(H,16,17). The summed E-state index contributed by atoms with van der Waals surface area (Å²) in [6.45, 7) is 3.00. The van der Waals surface area contributed by atoms with Gasteiger partial charge in [-0.2, -0.15) is 0 Å². The van der Waals surface area contributed by atoms with E-state index in [-0.39, 0.29) is 5.56 Å². The second-order valence-corrected chi connectivity index (χ2v) is 4.75. The van der Waals surface area contributed by atoms with Gasteiger partial charge in [-0.15, -0.1) is 0 Å². The van der Waals surface area contributed by atoms with Gasteiger partial charge < -0.3 is 10.0 Å². The maximum atomic E-state index is 13.6. The van der Waals surface area contributed by atoms with Gasteiger partial charge >= 0.3 is 5.97 Å². The SMILES string of the molecule is CC1(F)CCN(c2ccc(C(=O)O)cc2)CC1. The predicted octanol–water partition coefficient (Wildman–Crippen LogP) is 2.71. The number of nitrogens with zero attached hydrogens (tertiary/aromatic N) is 1. The van der Waals surface area contributed by atoms with Gasteiger partial charge in [-0.3, -0.25) is 0 Å². The minimum absolute atomic E-state index is 0.279. The van der Waals surface area contributed by atoms with E-state index in [4.69, 9.17) is 5.11 Å². The largest absolute Gasteiger partial charge is 0.478 e. The van der Waals surface area contributed by atoms with E-state index in [0.717, 1.165) is 5.69 Å². The van der Waals surface area contributed by atoms with Gasteiger partial charge in [0, 0.05) is 18.8 Å². The van der Waals surface area contributed by atoms with Crippen LogP contribution in [0.1, 0.15) is 30.1 Å². The number of hydrogen-bond acceptors (Lipinski definition) is 2. The maximum Gasteiger partial charge on any atom is 0.335 e. The molecule has 1 heterocycles. The molecule has 0 aromatic heterocycles. The summed E-state index contributed by atoms with van der Waals surface area (Å²) >= 11 is 0. The average molecular weight is 237 g/mol. The molecule has 0 amide bonds. The van der Waals surface area contributed by atoms with Crippen molar-refractivity contribution in [1.82, 2.24) is 0 Å². The Morgan fingerprint density at radius 1 is 1.29 bits per heavy atom. The highest BCUT2D eigenvalue weighted by Gasteiger charge is 2.29. The van der Waals surface area contributed by atoms with E-state index in [2.05, 4.69) is 4.90 Å². The average Bonchev–Trinajstić information content (AvgIpc) is 2.29. The van der Waals surface area contributed by atoms with E-state index in [1.165, 1.54) is 0 Å². The number of piperidine rings is 1. The van der Waals surface area contributed by atoms with Crippen molar-refractivity contribution in [3.8, 4) is 0 Å². The summed E-state index contributed by atoms with van der Waals surface area (Å²) in [5.41, 5.74) is 0.184. The third-order valence-electron chi connectivity index (χ3n) is 3.29. The number of aromatic carboxylic acids is 1. The van der Waals surface area contributed by atoms with E-state index in [0.29, 0.717) is 25.9 Å². The third kappa shape index (κ3) is 2.75. The third-order valence-corrected chi connectivity index (χ3v) is 3.29. The molecule has 0 aliphatic carbocycles. The molecule has 1 fully saturated rings. The van der Waals surface area contributed by atoms with Crippen LogP contribution in [0.15, 0.2) is 24.3 Å². The second-order valence-electron chi connectivity index (χ2n) is 4.75. The molecular weight excluding hydrogens is 221 g/mol. The fraction of sp³-hybridized carbons (Fsp3) is 0.462. The van der Waals surface area contributed by atoms with E-state index in [1.54, 1.807) is 31.2 Å². The van der Waals surface area contributed by atoms with Crippen LogP contribution >= 0.6 is 0 Å². The normalized spacial score (nSPS) is 19.1. The molecule has 0 bridgehead atoms. The zero-order valence-corrected chi connectivity index (χ0v) is 9.82. The number of hydrogen-bond donors (Lipinski definition) is 1. The quantitative estimate of drug-likeness (QED) is 0.859. The van der Waals surface area contributed by atoms with Gasteiger partial charge in [0.25, 0.3) is 0 Å². The number of alkyl halides is 1. The number of anilines is 1. The Morgan fingerprint density at radius 2 is 1.82 bits per heavy atom. The Kier molecular flexibility index (Phi) is 3.05. The first kappa shape index (κ1) is 11.9. The van der Waals surface area contributed by atoms with Crippen molar-refractivity contribution in [1.29, 1.82) is 0 Å². The number of carboxylic acid groups (broad SMARTS) is 1. The highest BCUT2D eigenvalue weighted by Crippen LogP contribution is 2.28. The molecule has 0 unspecified atom stereocenters. The summed E-state index contributed by atoms with van der Waals surface area (Å²) in [7, 11) is 0. The van der Waals surface area contributed by atoms with E-state index in [9.17, 15) is 9.18 Å². The zero-order valence-electron chi connectivity index (χ0n) is 9.82. The van der Waals surface area contributed by atoms with Gasteiger partial charge in [0.2, 0.25) is 0 Å². The van der Waals surface area contributed by atoms with Crippen LogP contribution in [0.3, 0.4) is 0 Å². The van der Waals surface area contributed by atoms with Crippen LogP contribution in [0.4, 0.5) is 10.1 Å². The Balaban J connectivity index is 2.06. The number of halogens is 1. The number of rotatable bonds is 2. The summed E-state index contributed by atoms with van der Waals surface area (Å²) in [4.78, 5) is 12.8. The van der Waals surface area contributed by atoms with E-state index < -0.39 is 11.6 Å². The summed E-state index contributed by atoms with van der Waals surface area (Å²) in [5.74, 6) is -0.925. The Morgan fingerprint density at radius 3 is 2.29 bits per heavy atom. The van der Waals surface area contributed by atoms with Gasteiger partial charge in [-0.05, 0) is 44.0 Å². The summed E-state index contributed by atoms with van der Waals surface area (Å²) in [6, 6.07) is 6.73. The molecule has 3 nitrogen and oxygen atoms in total. The van der Waals surface area contributed by atoms with Crippen LogP contribution in [0, 0.1) is 0 Å². The molecule has 0 spiro atoms. The van der Waals surface area contributed by atoms with Crippen molar-refractivity contribution in [2.75, 3.05) is 18.0 Å². The monoisotopic (exact) mass is 237 g/mol. The highest BCUT2D eigenvalue weighted by atomic mass is 19.1. The Labute approximate surface area is 99.9 Å². The molecule has 1 saturated heterocycles. The summed E-state index contributed by atoms with van der Waals surface area (Å²) < 4.78 is 13.6. The smallest absolute Gasteiger partial charge is 0.335 e. The molecular formula is C13H16FNO2. The van der Waals surface area contributed by atoms with Crippen LogP contribution in [0.2, 0.25) is 0 Å². The molecule has 0 atom stereocenters. The lowest BCUT2D eigenvalue weighted by Gasteiger charge is -2.35. The fourth-order valence-corrected chi connectivity index (χ4v) is 2.05. The summed E-state index contributed by atoms with van der Waals surface area (Å²) in [5, 5.41) is 8.79. The van der Waals surface area contributed by atoms with Gasteiger partial charge in [-0.1, -0.05) is 0 Å². The van der Waals surface area contributed by atoms with Gasteiger partial charge in [0.1, 0.15) is 5.67 Å². The molecule has 1 aromatic rings. The minimum atomic E-state index is -1.06. The first-order valence-corrected chi connectivity index (χ1v) is 5.75. The van der Waals surface area contributed by atoms with Crippen LogP contribution in [-0.2, 0) is 0 Å². The van der Waals surface area contributed by atoms with Crippen LogP contribution < -0.4 is 4.90 Å². The van der Waals surface area contributed by atoms with Crippen molar-refractivity contribution >= 4 is 11.7 Å². The van der Waals surface area contributed by atoms with Crippen molar-refractivity contribution in [3.05, 3.63) is 29.8 Å². The second kappa shape index (κ2) is 4.35. The van der Waals surface area contributed by atoms with Crippen LogP contribution in [0.5, 0.6) is 0 Å². The summed E-state index contributed by atoms with van der Waals surface area (Å²) in [6.07, 6.45) is 1.04. The molecule has 4 heteroatoms. The molecule has 0 radical (unpaired) electrons. The Hall–Kier alpha value is -1.58. The molecule has 1 N–H and O–H groups in total. The first-order chi connectivity index (χ1) is 7.98. The lowest BCUT2D eigenvalue weighted by atomic mass is 9.95. The molecule has 1 aromatic carbocycles. The molecule has 0 saturated carbocycles. The molecule has 1 aliphatic rings. The predicted molar refractivity (Wildman–Crippen MR) is 64.4 cm³/mol. The van der Waals surface area contributed by atoms with Crippen molar-refractivity contribution < 1.29 is 14.3 Å². The molecule has 92 valence electrons. The van der Waals surface area contributed by atoms with Crippen molar-refractivity contribution in [3.63, 3.8) is 0 Å². The lowest BCUT2D eigenvalue weighted by molar-refractivity contribution is 0.0697. The topological polar surface area (TPSA) is 40.5 Å². The van der Waals surface area contributed by atoms with E-state index in [1.807, 2.05) is 0 Å². The van der Waals surface area contributed by atoms with Crippen LogP contribution in [0.25, 0.3) is 0 Å². The number of carbonyl (C=O) groups is 1. The van der Waals surface area contributed by atoms with Crippen molar-refractivity contribution in [2.24, 2.45) is 0 Å². The highest BCUT2D eigenvalue weighted by molar-refractivity contribution is 5.88. The van der Waals surface area contributed by atoms with Crippen LogP contribution in [-0.4, -0.2) is 29.8 Å². The fourth-order valence-electron chi connectivity index (χ4n) is 2.05. The zero-order chi connectivity index (χ0) is 12.5. The van der Waals surface area contributed by atoms with Gasteiger partial charge in [0.05, 0.1) is 5.56 Å². The minimum Gasteiger partial charge on any atom is -0.478 e. The Bertz CT molecular complexity index is 404. The molecule has 17 heavy (non-hydrogen) atoms. The number of benzene rings is 1. The first-order valence-electron chi connectivity index (χ1n) is 5.75. The lowest BCUT2D eigenvalue weighted by Crippen LogP contribution is -2.40. The maximum absolute atomic E-state index is 13.6. The van der Waals surface area contributed by atoms with Crippen molar-refractivity contribution in [2.45, 2.75) is 25.4 Å². The van der Waals surface area contributed by atoms with Gasteiger partial charge in [-0.25, -0.2) is 9.18 Å². The molecule has 1 aliphatic heterocycles. The van der Waals surface area contributed by atoms with Gasteiger partial charge in [0.15, 0.2) is 0 Å².